The molecule has 2 heteroatoms. The summed E-state index contributed by atoms with van der Waals surface area (Å²) >= 11 is 0. The van der Waals surface area contributed by atoms with Gasteiger partial charge in [0.2, 0.25) is 0 Å². The highest BCUT2D eigenvalue weighted by Gasteiger charge is 2.23. The Morgan fingerprint density at radius 2 is 0.568 bits per heavy atom. The largest absolute Gasteiger partial charge is 0.456 e. The molecule has 16 aromatic rings. The van der Waals surface area contributed by atoms with Gasteiger partial charge >= 0.3 is 0 Å². The van der Waals surface area contributed by atoms with Gasteiger partial charge in [-0.25, -0.2) is 0 Å². The summed E-state index contributed by atoms with van der Waals surface area (Å²) in [6, 6.07) is 93.1. The molecule has 0 spiro atoms. The Labute approximate surface area is 425 Å². The van der Waals surface area contributed by atoms with Gasteiger partial charge in [0, 0.05) is 32.5 Å². The van der Waals surface area contributed by atoms with Crippen LogP contribution < -0.4 is 0 Å². The Morgan fingerprint density at radius 1 is 0.203 bits per heavy atom. The van der Waals surface area contributed by atoms with Crippen LogP contribution in [0.25, 0.3) is 164 Å². The molecule has 0 bridgehead atoms. The van der Waals surface area contributed by atoms with Crippen molar-refractivity contribution < 1.29 is 8.83 Å². The van der Waals surface area contributed by atoms with Gasteiger partial charge < -0.3 is 8.83 Å². The van der Waals surface area contributed by atoms with E-state index in [9.17, 15) is 0 Å². The maximum atomic E-state index is 6.84. The minimum Gasteiger partial charge on any atom is -0.456 e. The molecular weight excluding hydrogens is 897 g/mol. The third-order valence-corrected chi connectivity index (χ3v) is 15.8. The Hall–Kier alpha value is -9.76. The molecule has 14 aromatic carbocycles. The number of hydrogen-bond donors (Lipinski definition) is 0. The van der Waals surface area contributed by atoms with E-state index in [2.05, 4.69) is 249 Å². The number of rotatable bonds is 5. The zero-order chi connectivity index (χ0) is 48.4. The van der Waals surface area contributed by atoms with E-state index in [4.69, 9.17) is 8.83 Å². The van der Waals surface area contributed by atoms with Crippen LogP contribution in [0.4, 0.5) is 0 Å². The number of para-hydroxylation sites is 2. The van der Waals surface area contributed by atoms with E-state index in [1.54, 1.807) is 0 Å². The van der Waals surface area contributed by atoms with Crippen molar-refractivity contribution in [1.29, 1.82) is 0 Å². The summed E-state index contributed by atoms with van der Waals surface area (Å²) in [5.41, 5.74) is 15.5. The third kappa shape index (κ3) is 6.00. The molecule has 0 aliphatic heterocycles. The van der Waals surface area contributed by atoms with Gasteiger partial charge in [0.05, 0.1) is 0 Å². The van der Waals surface area contributed by atoms with Gasteiger partial charge in [-0.1, -0.05) is 224 Å². The number of furan rings is 2. The quantitative estimate of drug-likeness (QED) is 0.161. The average molecular weight is 939 g/mol. The molecule has 0 radical (unpaired) electrons. The molecule has 74 heavy (non-hydrogen) atoms. The van der Waals surface area contributed by atoms with Crippen LogP contribution in [-0.2, 0) is 0 Å². The summed E-state index contributed by atoms with van der Waals surface area (Å²) in [5, 5.41) is 19.2. The van der Waals surface area contributed by atoms with Crippen molar-refractivity contribution >= 4 is 109 Å². The Morgan fingerprint density at radius 3 is 1.07 bits per heavy atom. The standard InChI is InChI=1S/C72H42O2/c1-2-16-48-41-49(38-29-43(48)15-1)68-57-23-9-7-21-55(57)67(56-22-8-10-24-58(56)68)47-36-34-46(35-37-47)66-53-19-5-3-17-51(53)65(52-18-4-6-20-54(52)66)45-32-30-44(31-33-45)61-42-50-39-40-64-70(59-25-11-13-27-62(59)73-64)69(50)71-60-26-12-14-28-63(60)74-72(61)71/h1-42H. The van der Waals surface area contributed by atoms with Gasteiger partial charge in [0.25, 0.3) is 0 Å². The van der Waals surface area contributed by atoms with Crippen molar-refractivity contribution in [3.63, 3.8) is 0 Å². The molecule has 2 aromatic heterocycles. The molecule has 0 N–H and O–H groups in total. The van der Waals surface area contributed by atoms with E-state index >= 15 is 0 Å². The molecule has 0 saturated carbocycles. The first kappa shape index (κ1) is 40.9. The monoisotopic (exact) mass is 938 g/mol. The molecule has 0 unspecified atom stereocenters. The van der Waals surface area contributed by atoms with Crippen molar-refractivity contribution in [2.45, 2.75) is 0 Å². The number of fused-ring (bicyclic) bond motifs is 14. The highest BCUT2D eigenvalue weighted by atomic mass is 16.3. The van der Waals surface area contributed by atoms with E-state index < -0.39 is 0 Å². The zero-order valence-corrected chi connectivity index (χ0v) is 40.1. The maximum absolute atomic E-state index is 6.84. The van der Waals surface area contributed by atoms with E-state index in [0.29, 0.717) is 0 Å². The van der Waals surface area contributed by atoms with Gasteiger partial charge in [-0.05, 0) is 140 Å². The maximum Gasteiger partial charge on any atom is 0.143 e. The molecule has 16 rings (SSSR count). The molecule has 0 aliphatic carbocycles. The molecule has 2 nitrogen and oxygen atoms in total. The van der Waals surface area contributed by atoms with E-state index in [1.165, 1.54) is 98.4 Å². The second-order valence-electron chi connectivity index (χ2n) is 19.8. The molecule has 0 atom stereocenters. The van der Waals surface area contributed by atoms with E-state index in [0.717, 1.165) is 65.8 Å². The lowest BCUT2D eigenvalue weighted by Gasteiger charge is -2.19. The molecular formula is C72H42O2. The first-order valence-electron chi connectivity index (χ1n) is 25.5. The fourth-order valence-corrected chi connectivity index (χ4v) is 12.6. The fraction of sp³-hybridized carbons (Fsp3) is 0. The lowest BCUT2D eigenvalue weighted by atomic mass is 9.84. The number of hydrogen-bond acceptors (Lipinski definition) is 2. The van der Waals surface area contributed by atoms with Gasteiger partial charge in [-0.15, -0.1) is 0 Å². The molecule has 0 fully saturated rings. The summed E-state index contributed by atoms with van der Waals surface area (Å²) in [7, 11) is 0. The van der Waals surface area contributed by atoms with E-state index in [-0.39, 0.29) is 0 Å². The normalized spacial score (nSPS) is 12.1. The molecule has 0 saturated heterocycles. The Balaban J connectivity index is 0.832. The highest BCUT2D eigenvalue weighted by molar-refractivity contribution is 6.33. The lowest BCUT2D eigenvalue weighted by Crippen LogP contribution is -1.92. The summed E-state index contributed by atoms with van der Waals surface area (Å²) in [5.74, 6) is 0. The highest BCUT2D eigenvalue weighted by Crippen LogP contribution is 2.49. The predicted octanol–water partition coefficient (Wildman–Crippen LogP) is 20.7. The van der Waals surface area contributed by atoms with Crippen LogP contribution in [0.2, 0.25) is 0 Å². The average Bonchev–Trinajstić information content (AvgIpc) is 4.05. The van der Waals surface area contributed by atoms with Crippen LogP contribution in [0, 0.1) is 0 Å². The number of benzene rings is 14. The summed E-state index contributed by atoms with van der Waals surface area (Å²) in [6.07, 6.45) is 0. The first-order chi connectivity index (χ1) is 36.7. The van der Waals surface area contributed by atoms with Gasteiger partial charge in [0.15, 0.2) is 0 Å². The second kappa shape index (κ2) is 15.9. The second-order valence-corrected chi connectivity index (χ2v) is 19.8. The van der Waals surface area contributed by atoms with Crippen molar-refractivity contribution in [3.8, 4) is 55.6 Å². The van der Waals surface area contributed by atoms with Crippen molar-refractivity contribution in [2.75, 3.05) is 0 Å². The SMILES string of the molecule is c1ccc2cc(-c3c4ccccc4c(-c4ccc(-c5c6ccccc6c(-c6ccc(-c7cc8ccc9oc%10ccccc%10c9c8c8c7oc7ccccc78)cc6)c6ccccc56)cc4)c4ccccc34)ccc2c1. The fourth-order valence-electron chi connectivity index (χ4n) is 12.6. The van der Waals surface area contributed by atoms with Crippen LogP contribution in [0.5, 0.6) is 0 Å². The molecule has 0 aliphatic rings. The minimum atomic E-state index is 0.874. The van der Waals surface area contributed by atoms with Crippen LogP contribution in [0.3, 0.4) is 0 Å². The van der Waals surface area contributed by atoms with Crippen LogP contribution in [-0.4, -0.2) is 0 Å². The Kier molecular flexibility index (Phi) is 8.78. The topological polar surface area (TPSA) is 26.3 Å². The van der Waals surface area contributed by atoms with Crippen LogP contribution in [0.1, 0.15) is 0 Å². The van der Waals surface area contributed by atoms with Gasteiger partial charge in [-0.3, -0.25) is 0 Å². The lowest BCUT2D eigenvalue weighted by molar-refractivity contribution is 0.669. The molecule has 2 heterocycles. The van der Waals surface area contributed by atoms with E-state index in [1.807, 2.05) is 6.07 Å². The smallest absolute Gasteiger partial charge is 0.143 e. The first-order valence-corrected chi connectivity index (χ1v) is 25.5. The van der Waals surface area contributed by atoms with Crippen LogP contribution >= 0.6 is 0 Å². The van der Waals surface area contributed by atoms with Crippen molar-refractivity contribution in [3.05, 3.63) is 255 Å². The predicted molar refractivity (Wildman–Crippen MR) is 313 cm³/mol. The Bertz CT molecular complexity index is 4880. The molecule has 342 valence electrons. The third-order valence-electron chi connectivity index (χ3n) is 15.8. The van der Waals surface area contributed by atoms with Crippen molar-refractivity contribution in [1.82, 2.24) is 0 Å². The molecule has 0 amide bonds. The zero-order valence-electron chi connectivity index (χ0n) is 40.1. The summed E-state index contributed by atoms with van der Waals surface area (Å²) in [6.45, 7) is 0. The summed E-state index contributed by atoms with van der Waals surface area (Å²) in [4.78, 5) is 0. The van der Waals surface area contributed by atoms with Gasteiger partial charge in [0.1, 0.15) is 22.3 Å². The van der Waals surface area contributed by atoms with Gasteiger partial charge in [-0.2, -0.15) is 0 Å². The summed E-state index contributed by atoms with van der Waals surface area (Å²) < 4.78 is 13.2. The van der Waals surface area contributed by atoms with Crippen LogP contribution in [0.15, 0.2) is 264 Å². The minimum absolute atomic E-state index is 0.874. The van der Waals surface area contributed by atoms with Crippen molar-refractivity contribution in [2.24, 2.45) is 0 Å².